The van der Waals surface area contributed by atoms with Gasteiger partial charge in [-0.3, -0.25) is 4.79 Å². The number of para-hydroxylation sites is 2. The van der Waals surface area contributed by atoms with Crippen LogP contribution in [0.15, 0.2) is 47.4 Å². The number of carbonyl (C=O) groups excluding carboxylic acids is 1. The second-order valence-electron chi connectivity index (χ2n) is 4.30. The predicted molar refractivity (Wildman–Crippen MR) is 81.3 cm³/mol. The number of carbonyl (C=O) groups is 1. The van der Waals surface area contributed by atoms with Crippen LogP contribution < -0.4 is 11.1 Å². The molecule has 2 aromatic rings. The maximum atomic E-state index is 13.4. The Labute approximate surface area is 121 Å². The number of benzene rings is 2. The molecule has 0 aliphatic heterocycles. The number of amides is 1. The standard InChI is InChI=1S/C15H15FN2OS/c1-10-5-4-8-13(15(10)17)20-9-14(19)18-12-7-3-2-6-11(12)16/h2-8H,9,17H2,1H3,(H,18,19). The van der Waals surface area contributed by atoms with E-state index < -0.39 is 5.82 Å². The molecule has 0 saturated heterocycles. The average Bonchev–Trinajstić information content (AvgIpc) is 2.43. The summed E-state index contributed by atoms with van der Waals surface area (Å²) in [5.41, 5.74) is 7.78. The quantitative estimate of drug-likeness (QED) is 0.670. The minimum atomic E-state index is -0.444. The molecule has 3 nitrogen and oxygen atoms in total. The van der Waals surface area contributed by atoms with Crippen LogP contribution in [0.4, 0.5) is 15.8 Å². The zero-order chi connectivity index (χ0) is 14.5. The third-order valence-electron chi connectivity index (χ3n) is 2.79. The molecule has 0 spiro atoms. The van der Waals surface area contributed by atoms with E-state index in [9.17, 15) is 9.18 Å². The number of thioether (sulfide) groups is 1. The maximum absolute atomic E-state index is 13.4. The number of anilines is 2. The molecule has 0 unspecified atom stereocenters. The Kier molecular flexibility index (Phi) is 4.63. The zero-order valence-electron chi connectivity index (χ0n) is 11.0. The molecule has 0 saturated carbocycles. The minimum absolute atomic E-state index is 0.183. The Morgan fingerprint density at radius 1 is 1.25 bits per heavy atom. The highest BCUT2D eigenvalue weighted by atomic mass is 32.2. The van der Waals surface area contributed by atoms with E-state index in [0.29, 0.717) is 5.69 Å². The van der Waals surface area contributed by atoms with Crippen LogP contribution in [0.1, 0.15) is 5.56 Å². The van der Waals surface area contributed by atoms with Crippen molar-refractivity contribution in [3.63, 3.8) is 0 Å². The number of nitrogens with one attached hydrogen (secondary N) is 1. The highest BCUT2D eigenvalue weighted by molar-refractivity contribution is 8.00. The van der Waals surface area contributed by atoms with Crippen LogP contribution >= 0.6 is 11.8 Å². The number of aryl methyl sites for hydroxylation is 1. The molecule has 0 aromatic heterocycles. The lowest BCUT2D eigenvalue weighted by Gasteiger charge is -2.08. The van der Waals surface area contributed by atoms with E-state index in [1.54, 1.807) is 12.1 Å². The van der Waals surface area contributed by atoms with E-state index in [-0.39, 0.29) is 17.3 Å². The molecule has 20 heavy (non-hydrogen) atoms. The lowest BCUT2D eigenvalue weighted by atomic mass is 10.2. The van der Waals surface area contributed by atoms with Crippen molar-refractivity contribution in [1.29, 1.82) is 0 Å². The molecule has 0 atom stereocenters. The van der Waals surface area contributed by atoms with Crippen LogP contribution in [0.5, 0.6) is 0 Å². The number of nitrogens with two attached hydrogens (primary N) is 1. The first-order valence-electron chi connectivity index (χ1n) is 6.10. The fourth-order valence-corrected chi connectivity index (χ4v) is 2.52. The first kappa shape index (κ1) is 14.4. The van der Waals surface area contributed by atoms with Crippen LogP contribution in [0.25, 0.3) is 0 Å². The van der Waals surface area contributed by atoms with Crippen LogP contribution in [-0.4, -0.2) is 11.7 Å². The van der Waals surface area contributed by atoms with Gasteiger partial charge in [-0.1, -0.05) is 24.3 Å². The van der Waals surface area contributed by atoms with E-state index in [1.807, 2.05) is 25.1 Å². The molecule has 0 radical (unpaired) electrons. The second kappa shape index (κ2) is 6.43. The van der Waals surface area contributed by atoms with Crippen LogP contribution in [-0.2, 0) is 4.79 Å². The lowest BCUT2D eigenvalue weighted by Crippen LogP contribution is -2.15. The highest BCUT2D eigenvalue weighted by Crippen LogP contribution is 2.27. The fraction of sp³-hybridized carbons (Fsp3) is 0.133. The molecule has 2 aromatic carbocycles. The van der Waals surface area contributed by atoms with Gasteiger partial charge in [0.15, 0.2) is 0 Å². The van der Waals surface area contributed by atoms with Gasteiger partial charge in [0.05, 0.1) is 11.4 Å². The van der Waals surface area contributed by atoms with E-state index in [2.05, 4.69) is 5.32 Å². The molecule has 0 aliphatic carbocycles. The van der Waals surface area contributed by atoms with E-state index in [0.717, 1.165) is 10.5 Å². The summed E-state index contributed by atoms with van der Waals surface area (Å²) in [4.78, 5) is 12.7. The Morgan fingerprint density at radius 2 is 2.00 bits per heavy atom. The third kappa shape index (κ3) is 3.51. The molecule has 5 heteroatoms. The summed E-state index contributed by atoms with van der Waals surface area (Å²) in [6, 6.07) is 11.8. The lowest BCUT2D eigenvalue weighted by molar-refractivity contribution is -0.113. The molecule has 0 bridgehead atoms. The normalized spacial score (nSPS) is 10.3. The highest BCUT2D eigenvalue weighted by Gasteiger charge is 2.08. The van der Waals surface area contributed by atoms with Crippen molar-refractivity contribution >= 4 is 29.0 Å². The average molecular weight is 290 g/mol. The van der Waals surface area contributed by atoms with Crippen LogP contribution in [0.3, 0.4) is 0 Å². The van der Waals surface area contributed by atoms with Crippen molar-refractivity contribution in [1.82, 2.24) is 0 Å². The van der Waals surface area contributed by atoms with Gasteiger partial charge >= 0.3 is 0 Å². The first-order valence-corrected chi connectivity index (χ1v) is 7.09. The Morgan fingerprint density at radius 3 is 2.75 bits per heavy atom. The van der Waals surface area contributed by atoms with Crippen molar-refractivity contribution in [3.05, 3.63) is 53.8 Å². The predicted octanol–water partition coefficient (Wildman–Crippen LogP) is 3.45. The van der Waals surface area contributed by atoms with Gasteiger partial charge < -0.3 is 11.1 Å². The first-order chi connectivity index (χ1) is 9.58. The molecule has 0 aliphatic rings. The molecule has 0 heterocycles. The number of nitrogen functional groups attached to an aromatic ring is 1. The smallest absolute Gasteiger partial charge is 0.234 e. The van der Waals surface area contributed by atoms with Crippen molar-refractivity contribution in [2.45, 2.75) is 11.8 Å². The number of hydrogen-bond donors (Lipinski definition) is 2. The van der Waals surface area contributed by atoms with Crippen LogP contribution in [0.2, 0.25) is 0 Å². The summed E-state index contributed by atoms with van der Waals surface area (Å²) in [5, 5.41) is 2.54. The fourth-order valence-electron chi connectivity index (χ4n) is 1.67. The zero-order valence-corrected chi connectivity index (χ0v) is 11.8. The molecule has 1 amide bonds. The maximum Gasteiger partial charge on any atom is 0.234 e. The summed E-state index contributed by atoms with van der Waals surface area (Å²) < 4.78 is 13.4. The third-order valence-corrected chi connectivity index (χ3v) is 3.86. The van der Waals surface area contributed by atoms with E-state index >= 15 is 0 Å². The van der Waals surface area contributed by atoms with Gasteiger partial charge in [-0.2, -0.15) is 0 Å². The Hall–Kier alpha value is -2.01. The second-order valence-corrected chi connectivity index (χ2v) is 5.32. The molecular weight excluding hydrogens is 275 g/mol. The minimum Gasteiger partial charge on any atom is -0.398 e. The molecule has 3 N–H and O–H groups in total. The topological polar surface area (TPSA) is 55.1 Å². The van der Waals surface area contributed by atoms with E-state index in [4.69, 9.17) is 5.73 Å². The van der Waals surface area contributed by atoms with Gasteiger partial charge in [-0.15, -0.1) is 11.8 Å². The summed E-state index contributed by atoms with van der Waals surface area (Å²) >= 11 is 1.33. The Bertz CT molecular complexity index is 631. The van der Waals surface area contributed by atoms with Gasteiger partial charge in [0.2, 0.25) is 5.91 Å². The van der Waals surface area contributed by atoms with Crippen LogP contribution in [0, 0.1) is 12.7 Å². The van der Waals surface area contributed by atoms with Gasteiger partial charge in [0, 0.05) is 10.6 Å². The SMILES string of the molecule is Cc1cccc(SCC(=O)Nc2ccccc2F)c1N. The van der Waals surface area contributed by atoms with Crippen molar-refractivity contribution in [3.8, 4) is 0 Å². The largest absolute Gasteiger partial charge is 0.398 e. The van der Waals surface area contributed by atoms with Gasteiger partial charge in [-0.25, -0.2) is 4.39 Å². The van der Waals surface area contributed by atoms with Gasteiger partial charge in [0.25, 0.3) is 0 Å². The summed E-state index contributed by atoms with van der Waals surface area (Å²) in [6.45, 7) is 1.92. The number of halogens is 1. The summed E-state index contributed by atoms with van der Waals surface area (Å²) in [7, 11) is 0. The monoisotopic (exact) mass is 290 g/mol. The van der Waals surface area contributed by atoms with Gasteiger partial charge in [0.1, 0.15) is 5.82 Å². The number of hydrogen-bond acceptors (Lipinski definition) is 3. The molecule has 0 fully saturated rings. The summed E-state index contributed by atoms with van der Waals surface area (Å²) in [5.74, 6) is -0.524. The molecule has 104 valence electrons. The summed E-state index contributed by atoms with van der Waals surface area (Å²) in [6.07, 6.45) is 0. The van der Waals surface area contributed by atoms with Crippen molar-refractivity contribution in [2.24, 2.45) is 0 Å². The number of rotatable bonds is 4. The van der Waals surface area contributed by atoms with Gasteiger partial charge in [-0.05, 0) is 30.7 Å². The molecule has 2 rings (SSSR count). The van der Waals surface area contributed by atoms with Crippen molar-refractivity contribution in [2.75, 3.05) is 16.8 Å². The Balaban J connectivity index is 1.96. The van der Waals surface area contributed by atoms with E-state index in [1.165, 1.54) is 23.9 Å². The molecular formula is C15H15FN2OS. The van der Waals surface area contributed by atoms with Crippen molar-refractivity contribution < 1.29 is 9.18 Å².